The quantitative estimate of drug-likeness (QED) is 0.457. The molecule has 0 bridgehead atoms. The molecule has 1 aromatic rings. The number of nitrogens with zero attached hydrogens (tertiary/aromatic N) is 1. The summed E-state index contributed by atoms with van der Waals surface area (Å²) in [6.07, 6.45) is 0. The number of methoxy groups -OCH3 is 1. The maximum absolute atomic E-state index is 5.70. The third-order valence-corrected chi connectivity index (χ3v) is 2.70. The summed E-state index contributed by atoms with van der Waals surface area (Å²) in [4.78, 5) is 4.14. The fraction of sp³-hybridized carbons (Fsp3) is 0.417. The largest absolute Gasteiger partial charge is 0.493 e. The van der Waals surface area contributed by atoms with Crippen molar-refractivity contribution in [2.75, 3.05) is 32.6 Å². The number of benzene rings is 1. The molecule has 94 valence electrons. The van der Waals surface area contributed by atoms with Crippen molar-refractivity contribution in [2.45, 2.75) is 0 Å². The summed E-state index contributed by atoms with van der Waals surface area (Å²) in [6.45, 7) is 1.83. The lowest BCUT2D eigenvalue weighted by Gasteiger charge is -2.05. The van der Waals surface area contributed by atoms with E-state index < -0.39 is 0 Å². The van der Waals surface area contributed by atoms with Crippen LogP contribution in [0.15, 0.2) is 35.3 Å². The highest BCUT2D eigenvalue weighted by Crippen LogP contribution is 2.09. The summed E-state index contributed by atoms with van der Waals surface area (Å²) in [5.74, 6) is 1.67. The normalized spacial score (nSPS) is 11.5. The molecule has 0 radical (unpaired) electrons. The summed E-state index contributed by atoms with van der Waals surface area (Å²) in [5, 5.41) is 0.582. The Morgan fingerprint density at radius 2 is 2.06 bits per heavy atom. The van der Waals surface area contributed by atoms with Crippen LogP contribution in [0.4, 0.5) is 0 Å². The minimum absolute atomic E-state index is 0.582. The second kappa shape index (κ2) is 8.90. The predicted octanol–water partition coefficient (Wildman–Crippen LogP) is 1.76. The van der Waals surface area contributed by atoms with Crippen molar-refractivity contribution in [3.8, 4) is 5.75 Å². The first-order valence-electron chi connectivity index (χ1n) is 5.42. The van der Waals surface area contributed by atoms with Crippen LogP contribution in [0.2, 0.25) is 0 Å². The summed E-state index contributed by atoms with van der Waals surface area (Å²) in [5.41, 5.74) is 5.70. The standard InChI is InChI=1S/C12H18N2O2S/c1-15-8-7-14-12(13)17-10-9-16-11-5-3-2-4-6-11/h2-6H,7-10H2,1H3,(H2,13,14). The zero-order valence-electron chi connectivity index (χ0n) is 9.96. The smallest absolute Gasteiger partial charge is 0.154 e. The molecule has 0 saturated carbocycles. The van der Waals surface area contributed by atoms with Crippen molar-refractivity contribution >= 4 is 16.9 Å². The highest BCUT2D eigenvalue weighted by Gasteiger charge is 1.95. The van der Waals surface area contributed by atoms with Crippen molar-refractivity contribution in [2.24, 2.45) is 10.7 Å². The first-order chi connectivity index (χ1) is 8.33. The van der Waals surface area contributed by atoms with Crippen LogP contribution in [0.5, 0.6) is 5.75 Å². The van der Waals surface area contributed by atoms with Gasteiger partial charge in [0.05, 0.1) is 19.8 Å². The van der Waals surface area contributed by atoms with Crippen molar-refractivity contribution in [1.29, 1.82) is 0 Å². The van der Waals surface area contributed by atoms with Crippen LogP contribution in [0, 0.1) is 0 Å². The molecule has 4 nitrogen and oxygen atoms in total. The van der Waals surface area contributed by atoms with Gasteiger partial charge in [0.25, 0.3) is 0 Å². The van der Waals surface area contributed by atoms with Gasteiger partial charge in [-0.15, -0.1) is 0 Å². The van der Waals surface area contributed by atoms with E-state index in [1.54, 1.807) is 7.11 Å². The van der Waals surface area contributed by atoms with Gasteiger partial charge >= 0.3 is 0 Å². The SMILES string of the molecule is COCCN=C(N)SCCOc1ccccc1. The Hall–Kier alpha value is -1.20. The zero-order valence-corrected chi connectivity index (χ0v) is 10.8. The molecule has 0 aliphatic heterocycles. The molecule has 0 spiro atoms. The van der Waals surface area contributed by atoms with Crippen molar-refractivity contribution in [1.82, 2.24) is 0 Å². The molecule has 0 amide bonds. The lowest BCUT2D eigenvalue weighted by Crippen LogP contribution is -2.12. The van der Waals surface area contributed by atoms with Gasteiger partial charge < -0.3 is 15.2 Å². The van der Waals surface area contributed by atoms with Gasteiger partial charge in [0.15, 0.2) is 5.17 Å². The van der Waals surface area contributed by atoms with Crippen molar-refractivity contribution < 1.29 is 9.47 Å². The Kier molecular flexibility index (Phi) is 7.25. The number of hydrogen-bond acceptors (Lipinski definition) is 4. The van der Waals surface area contributed by atoms with Gasteiger partial charge in [-0.3, -0.25) is 4.99 Å². The van der Waals surface area contributed by atoms with E-state index >= 15 is 0 Å². The molecule has 17 heavy (non-hydrogen) atoms. The van der Waals surface area contributed by atoms with E-state index in [1.165, 1.54) is 11.8 Å². The average molecular weight is 254 g/mol. The molecule has 5 heteroatoms. The number of rotatable bonds is 7. The van der Waals surface area contributed by atoms with Crippen LogP contribution in [-0.4, -0.2) is 37.8 Å². The third kappa shape index (κ3) is 6.86. The predicted molar refractivity (Wildman–Crippen MR) is 72.8 cm³/mol. The first-order valence-corrected chi connectivity index (χ1v) is 6.41. The molecule has 0 aliphatic rings. The van der Waals surface area contributed by atoms with Gasteiger partial charge in [-0.1, -0.05) is 30.0 Å². The molecule has 2 N–H and O–H groups in total. The number of nitrogens with two attached hydrogens (primary N) is 1. The second-order valence-electron chi connectivity index (χ2n) is 3.22. The first kappa shape index (κ1) is 13.9. The number of hydrogen-bond donors (Lipinski definition) is 1. The molecule has 1 rings (SSSR count). The number of amidine groups is 1. The Balaban J connectivity index is 2.09. The van der Waals surface area contributed by atoms with Gasteiger partial charge in [-0.25, -0.2) is 0 Å². The summed E-state index contributed by atoms with van der Waals surface area (Å²) >= 11 is 1.49. The van der Waals surface area contributed by atoms with E-state index in [2.05, 4.69) is 4.99 Å². The van der Waals surface area contributed by atoms with Crippen LogP contribution < -0.4 is 10.5 Å². The summed E-state index contributed by atoms with van der Waals surface area (Å²) < 4.78 is 10.4. The molecule has 0 unspecified atom stereocenters. The molecule has 0 fully saturated rings. The molecule has 0 aliphatic carbocycles. The number of thioether (sulfide) groups is 1. The van der Waals surface area contributed by atoms with E-state index in [9.17, 15) is 0 Å². The Bertz CT molecular complexity index is 331. The molecule has 0 saturated heterocycles. The van der Waals surface area contributed by atoms with Crippen molar-refractivity contribution in [3.63, 3.8) is 0 Å². The monoisotopic (exact) mass is 254 g/mol. The topological polar surface area (TPSA) is 56.8 Å². The Morgan fingerprint density at radius 1 is 1.29 bits per heavy atom. The van der Waals surface area contributed by atoms with E-state index in [0.29, 0.717) is 24.9 Å². The van der Waals surface area contributed by atoms with Gasteiger partial charge in [0.2, 0.25) is 0 Å². The number of ether oxygens (including phenoxy) is 2. The highest BCUT2D eigenvalue weighted by molar-refractivity contribution is 8.13. The zero-order chi connectivity index (χ0) is 12.3. The van der Waals surface area contributed by atoms with Crippen LogP contribution in [0.3, 0.4) is 0 Å². The molecule has 1 aromatic carbocycles. The van der Waals surface area contributed by atoms with E-state index in [0.717, 1.165) is 11.5 Å². The molecular formula is C12H18N2O2S. The lowest BCUT2D eigenvalue weighted by atomic mass is 10.3. The fourth-order valence-corrected chi connectivity index (χ4v) is 1.67. The number of para-hydroxylation sites is 1. The lowest BCUT2D eigenvalue weighted by molar-refractivity contribution is 0.208. The minimum atomic E-state index is 0.582. The minimum Gasteiger partial charge on any atom is -0.493 e. The fourth-order valence-electron chi connectivity index (χ4n) is 1.12. The van der Waals surface area contributed by atoms with Gasteiger partial charge in [0, 0.05) is 12.9 Å². The van der Waals surface area contributed by atoms with E-state index in [-0.39, 0.29) is 0 Å². The molecule has 0 aromatic heterocycles. The van der Waals surface area contributed by atoms with Crippen LogP contribution in [0.25, 0.3) is 0 Å². The number of aliphatic imine (C=N–C) groups is 1. The average Bonchev–Trinajstić information content (AvgIpc) is 2.36. The highest BCUT2D eigenvalue weighted by atomic mass is 32.2. The molecule has 0 atom stereocenters. The van der Waals surface area contributed by atoms with Gasteiger partial charge in [-0.2, -0.15) is 0 Å². The summed E-state index contributed by atoms with van der Waals surface area (Å²) in [6, 6.07) is 9.72. The Labute approximate surface area is 106 Å². The van der Waals surface area contributed by atoms with E-state index in [4.69, 9.17) is 15.2 Å². The van der Waals surface area contributed by atoms with Crippen molar-refractivity contribution in [3.05, 3.63) is 30.3 Å². The van der Waals surface area contributed by atoms with Crippen LogP contribution in [0.1, 0.15) is 0 Å². The Morgan fingerprint density at radius 3 is 2.76 bits per heavy atom. The van der Waals surface area contributed by atoms with E-state index in [1.807, 2.05) is 30.3 Å². The molecular weight excluding hydrogens is 236 g/mol. The van der Waals surface area contributed by atoms with Gasteiger partial charge in [0.1, 0.15) is 5.75 Å². The molecule has 0 heterocycles. The summed E-state index contributed by atoms with van der Waals surface area (Å²) in [7, 11) is 1.65. The second-order valence-corrected chi connectivity index (χ2v) is 4.34. The van der Waals surface area contributed by atoms with Gasteiger partial charge in [-0.05, 0) is 12.1 Å². The third-order valence-electron chi connectivity index (χ3n) is 1.91. The van der Waals surface area contributed by atoms with Crippen LogP contribution >= 0.6 is 11.8 Å². The maximum Gasteiger partial charge on any atom is 0.154 e. The van der Waals surface area contributed by atoms with Crippen LogP contribution in [-0.2, 0) is 4.74 Å². The maximum atomic E-state index is 5.70.